The quantitative estimate of drug-likeness (QED) is 0.835. The number of carboxylic acids is 1. The molecule has 1 saturated carbocycles. The first-order chi connectivity index (χ1) is 8.99. The summed E-state index contributed by atoms with van der Waals surface area (Å²) in [5.41, 5.74) is -0.760. The fourth-order valence-corrected chi connectivity index (χ4v) is 3.24. The van der Waals surface area contributed by atoms with Crippen molar-refractivity contribution < 1.29 is 9.90 Å². The van der Waals surface area contributed by atoms with Gasteiger partial charge in [-0.05, 0) is 46.1 Å². The number of carbonyl (C=O) groups is 1. The molecule has 1 aliphatic carbocycles. The maximum absolute atomic E-state index is 11.6. The third-order valence-corrected chi connectivity index (χ3v) is 4.30. The van der Waals surface area contributed by atoms with Gasteiger partial charge in [-0.15, -0.1) is 0 Å². The van der Waals surface area contributed by atoms with Crippen LogP contribution in [0.5, 0.6) is 0 Å². The van der Waals surface area contributed by atoms with E-state index in [1.54, 1.807) is 7.05 Å². The molecule has 1 heterocycles. The van der Waals surface area contributed by atoms with Crippen molar-refractivity contribution in [1.29, 1.82) is 0 Å². The van der Waals surface area contributed by atoms with E-state index >= 15 is 0 Å². The van der Waals surface area contributed by atoms with Gasteiger partial charge in [-0.25, -0.2) is 4.98 Å². The molecule has 19 heavy (non-hydrogen) atoms. The predicted octanol–water partition coefficient (Wildman–Crippen LogP) is 1.13. The van der Waals surface area contributed by atoms with Gasteiger partial charge in [0.25, 0.3) is 0 Å². The lowest BCUT2D eigenvalue weighted by atomic mass is 9.85. The first kappa shape index (κ1) is 14.0. The summed E-state index contributed by atoms with van der Waals surface area (Å²) in [6, 6.07) is 0. The Bertz CT molecular complexity index is 471. The Labute approximate surface area is 113 Å². The van der Waals surface area contributed by atoms with Crippen molar-refractivity contribution in [3.05, 3.63) is 11.6 Å². The summed E-state index contributed by atoms with van der Waals surface area (Å²) in [6.45, 7) is 4.53. The molecular weight excluding hydrogens is 244 g/mol. The fourth-order valence-electron chi connectivity index (χ4n) is 3.24. The molecule has 2 rings (SSSR count). The second kappa shape index (κ2) is 5.28. The van der Waals surface area contributed by atoms with Gasteiger partial charge >= 0.3 is 5.97 Å². The van der Waals surface area contributed by atoms with Gasteiger partial charge in [-0.2, -0.15) is 5.10 Å². The number of aryl methyl sites for hydroxylation is 3. The maximum Gasteiger partial charge on any atom is 0.324 e. The summed E-state index contributed by atoms with van der Waals surface area (Å²) in [4.78, 5) is 15.8. The molecule has 1 aromatic heterocycles. The van der Waals surface area contributed by atoms with Crippen LogP contribution in [0.15, 0.2) is 0 Å². The van der Waals surface area contributed by atoms with Crippen LogP contribution in [0.4, 0.5) is 0 Å². The molecule has 1 aliphatic rings. The van der Waals surface area contributed by atoms with E-state index in [4.69, 9.17) is 0 Å². The molecule has 0 radical (unpaired) electrons. The fraction of sp³-hybridized carbons (Fsp3) is 0.769. The highest BCUT2D eigenvalue weighted by atomic mass is 16.4. The SMILES string of the molecule is CNC1(C(=O)O)CCCC1CCn1nc(C)nc1C. The van der Waals surface area contributed by atoms with Crippen molar-refractivity contribution in [1.82, 2.24) is 20.1 Å². The lowest BCUT2D eigenvalue weighted by Crippen LogP contribution is -2.53. The summed E-state index contributed by atoms with van der Waals surface area (Å²) in [7, 11) is 1.75. The normalized spacial score (nSPS) is 26.8. The molecule has 1 fully saturated rings. The minimum Gasteiger partial charge on any atom is -0.480 e. The number of hydrogen-bond acceptors (Lipinski definition) is 4. The molecule has 0 bridgehead atoms. The smallest absolute Gasteiger partial charge is 0.324 e. The summed E-state index contributed by atoms with van der Waals surface area (Å²) in [5, 5.41) is 16.9. The van der Waals surface area contributed by atoms with Crippen LogP contribution in [0.2, 0.25) is 0 Å². The van der Waals surface area contributed by atoms with Gasteiger partial charge in [0.1, 0.15) is 17.2 Å². The second-order valence-electron chi connectivity index (χ2n) is 5.33. The molecule has 2 atom stereocenters. The molecule has 0 aromatic carbocycles. The third-order valence-electron chi connectivity index (χ3n) is 4.30. The van der Waals surface area contributed by atoms with Crippen molar-refractivity contribution in [3.8, 4) is 0 Å². The molecule has 6 heteroatoms. The van der Waals surface area contributed by atoms with Crippen LogP contribution in [0.25, 0.3) is 0 Å². The average molecular weight is 266 g/mol. The number of rotatable bonds is 5. The summed E-state index contributed by atoms with van der Waals surface area (Å²) < 4.78 is 1.87. The van der Waals surface area contributed by atoms with E-state index in [9.17, 15) is 9.90 Å². The van der Waals surface area contributed by atoms with Crippen LogP contribution >= 0.6 is 0 Å². The van der Waals surface area contributed by atoms with E-state index in [1.807, 2.05) is 18.5 Å². The Kier molecular flexibility index (Phi) is 3.89. The van der Waals surface area contributed by atoms with E-state index in [1.165, 1.54) is 0 Å². The average Bonchev–Trinajstić information content (AvgIpc) is 2.90. The highest BCUT2D eigenvalue weighted by Gasteiger charge is 2.47. The molecular formula is C13H22N4O2. The van der Waals surface area contributed by atoms with Crippen LogP contribution in [0.3, 0.4) is 0 Å². The molecule has 106 valence electrons. The summed E-state index contributed by atoms with van der Waals surface area (Å²) in [5.74, 6) is 1.07. The molecule has 1 aromatic rings. The van der Waals surface area contributed by atoms with Gasteiger partial charge in [0.15, 0.2) is 0 Å². The van der Waals surface area contributed by atoms with Crippen molar-refractivity contribution in [3.63, 3.8) is 0 Å². The number of hydrogen-bond donors (Lipinski definition) is 2. The molecule has 2 N–H and O–H groups in total. The number of aromatic nitrogens is 3. The Morgan fingerprint density at radius 3 is 2.84 bits per heavy atom. The molecule has 6 nitrogen and oxygen atoms in total. The van der Waals surface area contributed by atoms with Crippen molar-refractivity contribution in [2.75, 3.05) is 7.05 Å². The molecule has 0 spiro atoms. The zero-order valence-corrected chi connectivity index (χ0v) is 11.8. The minimum atomic E-state index is -0.760. The molecule has 0 amide bonds. The third kappa shape index (κ3) is 2.49. The van der Waals surface area contributed by atoms with Crippen LogP contribution in [0.1, 0.15) is 37.3 Å². The van der Waals surface area contributed by atoms with E-state index in [2.05, 4.69) is 15.4 Å². The first-order valence-electron chi connectivity index (χ1n) is 6.80. The van der Waals surface area contributed by atoms with Crippen molar-refractivity contribution >= 4 is 5.97 Å². The number of carboxylic acid groups (broad SMARTS) is 1. The van der Waals surface area contributed by atoms with Gasteiger partial charge in [0.2, 0.25) is 0 Å². The number of nitrogens with zero attached hydrogens (tertiary/aromatic N) is 3. The van der Waals surface area contributed by atoms with Gasteiger partial charge in [0, 0.05) is 6.54 Å². The highest BCUT2D eigenvalue weighted by Crippen LogP contribution is 2.38. The molecule has 2 unspecified atom stereocenters. The predicted molar refractivity (Wildman–Crippen MR) is 70.9 cm³/mol. The number of nitrogens with one attached hydrogen (secondary N) is 1. The highest BCUT2D eigenvalue weighted by molar-refractivity contribution is 5.79. The lowest BCUT2D eigenvalue weighted by Gasteiger charge is -2.31. The van der Waals surface area contributed by atoms with Crippen molar-refractivity contribution in [2.24, 2.45) is 5.92 Å². The summed E-state index contributed by atoms with van der Waals surface area (Å²) in [6.07, 6.45) is 3.45. The van der Waals surface area contributed by atoms with E-state index in [0.717, 1.165) is 37.5 Å². The van der Waals surface area contributed by atoms with Crippen LogP contribution < -0.4 is 5.32 Å². The van der Waals surface area contributed by atoms with E-state index in [-0.39, 0.29) is 5.92 Å². The first-order valence-corrected chi connectivity index (χ1v) is 6.80. The summed E-state index contributed by atoms with van der Waals surface area (Å²) >= 11 is 0. The zero-order chi connectivity index (χ0) is 14.0. The Balaban J connectivity index is 2.06. The number of likely N-dealkylation sites (N-methyl/N-ethyl adjacent to an activating group) is 1. The van der Waals surface area contributed by atoms with E-state index in [0.29, 0.717) is 6.42 Å². The number of aliphatic carboxylic acids is 1. The maximum atomic E-state index is 11.6. The van der Waals surface area contributed by atoms with E-state index < -0.39 is 11.5 Å². The van der Waals surface area contributed by atoms with Gasteiger partial charge in [0.05, 0.1) is 0 Å². The lowest BCUT2D eigenvalue weighted by molar-refractivity contribution is -0.146. The Morgan fingerprint density at radius 1 is 1.58 bits per heavy atom. The Morgan fingerprint density at radius 2 is 2.32 bits per heavy atom. The van der Waals surface area contributed by atoms with Crippen LogP contribution in [0, 0.1) is 19.8 Å². The standard InChI is InChI=1S/C13H22N4O2/c1-9-15-10(2)17(16-9)8-6-11-5-4-7-13(11,14-3)12(18)19/h11,14H,4-8H2,1-3H3,(H,18,19). The van der Waals surface area contributed by atoms with Crippen molar-refractivity contribution in [2.45, 2.75) is 51.6 Å². The second-order valence-corrected chi connectivity index (χ2v) is 5.33. The largest absolute Gasteiger partial charge is 0.480 e. The molecule has 0 saturated heterocycles. The zero-order valence-electron chi connectivity index (χ0n) is 11.8. The topological polar surface area (TPSA) is 80.0 Å². The van der Waals surface area contributed by atoms with Crippen LogP contribution in [-0.2, 0) is 11.3 Å². The van der Waals surface area contributed by atoms with Crippen LogP contribution in [-0.4, -0.2) is 38.4 Å². The van der Waals surface area contributed by atoms with Gasteiger partial charge in [-0.3, -0.25) is 9.48 Å². The monoisotopic (exact) mass is 266 g/mol. The van der Waals surface area contributed by atoms with Gasteiger partial charge < -0.3 is 10.4 Å². The molecule has 0 aliphatic heterocycles. The Hall–Kier alpha value is -1.43. The minimum absolute atomic E-state index is 0.152. The van der Waals surface area contributed by atoms with Gasteiger partial charge in [-0.1, -0.05) is 6.42 Å².